The van der Waals surface area contributed by atoms with Gasteiger partial charge in [0.05, 0.1) is 18.8 Å². The second kappa shape index (κ2) is 33.0. The Morgan fingerprint density at radius 1 is 0.548 bits per heavy atom. The zero-order valence-corrected chi connectivity index (χ0v) is 28.1. The van der Waals surface area contributed by atoms with E-state index in [0.717, 1.165) is 32.1 Å². The van der Waals surface area contributed by atoms with E-state index in [0.29, 0.717) is 12.8 Å². The molecule has 0 fully saturated rings. The van der Waals surface area contributed by atoms with Crippen LogP contribution in [0.4, 0.5) is 0 Å². The minimum atomic E-state index is -1.07. The summed E-state index contributed by atoms with van der Waals surface area (Å²) in [5.74, 6) is -0.477. The van der Waals surface area contributed by atoms with E-state index in [-0.39, 0.29) is 6.61 Å². The minimum absolute atomic E-state index is 0.314. The predicted molar refractivity (Wildman–Crippen MR) is 181 cm³/mol. The van der Waals surface area contributed by atoms with Gasteiger partial charge in [-0.3, -0.25) is 4.79 Å². The van der Waals surface area contributed by atoms with Crippen molar-refractivity contribution < 1.29 is 20.1 Å². The molecule has 0 aromatic rings. The lowest BCUT2D eigenvalue weighted by Gasteiger charge is -2.23. The van der Waals surface area contributed by atoms with Crippen molar-refractivity contribution in [3.05, 3.63) is 12.2 Å². The first-order chi connectivity index (χ1) is 20.6. The van der Waals surface area contributed by atoms with Gasteiger partial charge in [-0.1, -0.05) is 167 Å². The number of carbonyl (C=O) groups is 1. The molecule has 1 amide bonds. The molecule has 0 saturated carbocycles. The van der Waals surface area contributed by atoms with E-state index >= 15 is 0 Å². The number of aliphatic hydroxyl groups is 3. The highest BCUT2D eigenvalue weighted by Gasteiger charge is 2.23. The molecule has 250 valence electrons. The fraction of sp³-hybridized carbons (Fsp3) is 0.919. The molecule has 0 aliphatic rings. The maximum Gasteiger partial charge on any atom is 0.249 e. The van der Waals surface area contributed by atoms with Gasteiger partial charge in [0.25, 0.3) is 0 Å². The molecule has 0 saturated heterocycles. The van der Waals surface area contributed by atoms with Gasteiger partial charge in [0, 0.05) is 0 Å². The average molecular weight is 596 g/mol. The first-order valence-electron chi connectivity index (χ1n) is 18.5. The molecule has 4 N–H and O–H groups in total. The van der Waals surface area contributed by atoms with E-state index in [2.05, 4.69) is 31.3 Å². The van der Waals surface area contributed by atoms with Gasteiger partial charge in [-0.2, -0.15) is 0 Å². The van der Waals surface area contributed by atoms with E-state index in [1.165, 1.54) is 135 Å². The van der Waals surface area contributed by atoms with Crippen LogP contribution in [0.25, 0.3) is 0 Å². The lowest BCUT2D eigenvalue weighted by atomic mass is 10.0. The molecule has 0 aromatic carbocycles. The summed E-state index contributed by atoms with van der Waals surface area (Å²) in [5.41, 5.74) is 0. The molecular weight excluding hydrogens is 522 g/mol. The van der Waals surface area contributed by atoms with Gasteiger partial charge in [0.15, 0.2) is 0 Å². The molecule has 0 spiro atoms. The van der Waals surface area contributed by atoms with E-state index < -0.39 is 24.2 Å². The van der Waals surface area contributed by atoms with E-state index in [1.807, 2.05) is 0 Å². The Kier molecular flexibility index (Phi) is 32.3. The highest BCUT2D eigenvalue weighted by molar-refractivity contribution is 5.80. The van der Waals surface area contributed by atoms with Crippen molar-refractivity contribution in [3.8, 4) is 0 Å². The summed E-state index contributed by atoms with van der Waals surface area (Å²) in [6, 6.07) is -0.708. The van der Waals surface area contributed by atoms with Gasteiger partial charge in [0.2, 0.25) is 5.91 Å². The summed E-state index contributed by atoms with van der Waals surface area (Å²) < 4.78 is 0. The van der Waals surface area contributed by atoms with Crippen molar-refractivity contribution in [1.29, 1.82) is 0 Å². The number of allylic oxidation sites excluding steroid dienone is 2. The number of amides is 1. The largest absolute Gasteiger partial charge is 0.394 e. The van der Waals surface area contributed by atoms with Crippen LogP contribution in [-0.4, -0.2) is 46.1 Å². The smallest absolute Gasteiger partial charge is 0.249 e. The zero-order valence-electron chi connectivity index (χ0n) is 28.1. The maximum atomic E-state index is 12.4. The highest BCUT2D eigenvalue weighted by Crippen LogP contribution is 2.14. The highest BCUT2D eigenvalue weighted by atomic mass is 16.3. The molecule has 0 radical (unpaired) electrons. The second-order valence-electron chi connectivity index (χ2n) is 12.8. The molecule has 0 bridgehead atoms. The molecule has 5 heteroatoms. The van der Waals surface area contributed by atoms with Gasteiger partial charge in [-0.25, -0.2) is 0 Å². The second-order valence-corrected chi connectivity index (χ2v) is 12.8. The molecular formula is C37H73NO4. The summed E-state index contributed by atoms with van der Waals surface area (Å²) in [5, 5.41) is 33.0. The Morgan fingerprint density at radius 2 is 0.905 bits per heavy atom. The summed E-state index contributed by atoms with van der Waals surface area (Å²) in [4.78, 5) is 12.4. The van der Waals surface area contributed by atoms with Crippen LogP contribution in [0.3, 0.4) is 0 Å². The zero-order chi connectivity index (χ0) is 30.9. The van der Waals surface area contributed by atoms with Crippen LogP contribution in [0.15, 0.2) is 12.2 Å². The Morgan fingerprint density at radius 3 is 1.31 bits per heavy atom. The van der Waals surface area contributed by atoms with E-state index in [1.54, 1.807) is 0 Å². The van der Waals surface area contributed by atoms with Crippen LogP contribution >= 0.6 is 0 Å². The number of nitrogens with one attached hydrogen (secondary N) is 1. The Labute approximate surface area is 261 Å². The van der Waals surface area contributed by atoms with Gasteiger partial charge in [0.1, 0.15) is 6.10 Å². The number of hydrogen-bond acceptors (Lipinski definition) is 4. The van der Waals surface area contributed by atoms with Crippen LogP contribution in [0, 0.1) is 0 Å². The fourth-order valence-electron chi connectivity index (χ4n) is 5.65. The Bertz CT molecular complexity index is 582. The van der Waals surface area contributed by atoms with Gasteiger partial charge in [-0.05, 0) is 38.5 Å². The lowest BCUT2D eigenvalue weighted by molar-refractivity contribution is -0.131. The first-order valence-corrected chi connectivity index (χ1v) is 18.5. The lowest BCUT2D eigenvalue weighted by Crippen LogP contribution is -2.49. The topological polar surface area (TPSA) is 89.8 Å². The third kappa shape index (κ3) is 27.9. The number of rotatable bonds is 33. The number of hydrogen-bond donors (Lipinski definition) is 4. The standard InChI is InChI=1S/C37H73NO4/c1-3-5-7-9-11-13-14-15-16-17-18-19-20-21-22-24-26-28-30-32-36(41)37(42)38-34(33-39)35(40)31-29-27-25-23-12-10-8-6-4-2/h18-19,34-36,39-41H,3-17,20-33H2,1-2H3,(H,38,42)/b19-18-. The van der Waals surface area contributed by atoms with Crippen molar-refractivity contribution in [2.24, 2.45) is 0 Å². The van der Waals surface area contributed by atoms with Crippen molar-refractivity contribution in [1.82, 2.24) is 5.32 Å². The van der Waals surface area contributed by atoms with Crippen molar-refractivity contribution >= 4 is 5.91 Å². The quantitative estimate of drug-likeness (QED) is 0.0449. The normalized spacial score (nSPS) is 13.9. The maximum absolute atomic E-state index is 12.4. The third-order valence-corrected chi connectivity index (χ3v) is 8.63. The van der Waals surface area contributed by atoms with Crippen LogP contribution in [0.1, 0.15) is 194 Å². The number of aliphatic hydroxyl groups excluding tert-OH is 3. The third-order valence-electron chi connectivity index (χ3n) is 8.63. The molecule has 42 heavy (non-hydrogen) atoms. The van der Waals surface area contributed by atoms with Gasteiger partial charge in [-0.15, -0.1) is 0 Å². The Balaban J connectivity index is 3.65. The Hall–Kier alpha value is -0.910. The minimum Gasteiger partial charge on any atom is -0.394 e. The SMILES string of the molecule is CCCCCCCCCCC/C=C\CCCCCCCCC(O)C(=O)NC(CO)C(O)CCCCCCCCCCC. The van der Waals surface area contributed by atoms with Crippen LogP contribution in [0.5, 0.6) is 0 Å². The predicted octanol–water partition coefficient (Wildman–Crippen LogP) is 9.70. The van der Waals surface area contributed by atoms with Crippen LogP contribution < -0.4 is 5.32 Å². The molecule has 0 heterocycles. The van der Waals surface area contributed by atoms with Crippen molar-refractivity contribution in [2.45, 2.75) is 212 Å². The molecule has 3 atom stereocenters. The molecule has 3 unspecified atom stereocenters. The first kappa shape index (κ1) is 41.1. The van der Waals surface area contributed by atoms with Gasteiger partial charge >= 0.3 is 0 Å². The van der Waals surface area contributed by atoms with Crippen molar-refractivity contribution in [2.75, 3.05) is 6.61 Å². The number of carbonyl (C=O) groups excluding carboxylic acids is 1. The summed E-state index contributed by atoms with van der Waals surface area (Å²) in [6.07, 6.45) is 36.3. The molecule has 0 rings (SSSR count). The van der Waals surface area contributed by atoms with Crippen molar-refractivity contribution in [3.63, 3.8) is 0 Å². The summed E-state index contributed by atoms with van der Waals surface area (Å²) in [6.45, 7) is 4.19. The van der Waals surface area contributed by atoms with E-state index in [4.69, 9.17) is 0 Å². The molecule has 0 aliphatic carbocycles. The van der Waals surface area contributed by atoms with Gasteiger partial charge < -0.3 is 20.6 Å². The molecule has 5 nitrogen and oxygen atoms in total. The van der Waals surface area contributed by atoms with Crippen LogP contribution in [0.2, 0.25) is 0 Å². The monoisotopic (exact) mass is 596 g/mol. The molecule has 0 aromatic heterocycles. The number of unbranched alkanes of at least 4 members (excludes halogenated alkanes) is 23. The molecule has 0 aliphatic heterocycles. The van der Waals surface area contributed by atoms with Crippen LogP contribution in [-0.2, 0) is 4.79 Å². The summed E-state index contributed by atoms with van der Waals surface area (Å²) >= 11 is 0. The summed E-state index contributed by atoms with van der Waals surface area (Å²) in [7, 11) is 0. The van der Waals surface area contributed by atoms with E-state index in [9.17, 15) is 20.1 Å². The fourth-order valence-corrected chi connectivity index (χ4v) is 5.65. The average Bonchev–Trinajstić information content (AvgIpc) is 2.99.